The Kier molecular flexibility index (Phi) is 4.65. The summed E-state index contributed by atoms with van der Waals surface area (Å²) >= 11 is 1.33. The van der Waals surface area contributed by atoms with E-state index in [1.54, 1.807) is 6.92 Å². The quantitative estimate of drug-likeness (QED) is 0.815. The normalized spacial score (nSPS) is 16.2. The minimum atomic E-state index is -0.720. The van der Waals surface area contributed by atoms with Gasteiger partial charge in [-0.25, -0.2) is 0 Å². The monoisotopic (exact) mass is 290 g/mol. The third kappa shape index (κ3) is 3.51. The summed E-state index contributed by atoms with van der Waals surface area (Å²) in [5, 5.41) is 9.37. The smallest absolute Gasteiger partial charge is 0.314 e. The van der Waals surface area contributed by atoms with Gasteiger partial charge in [-0.05, 0) is 30.4 Å². The first-order valence-electron chi connectivity index (χ1n) is 6.68. The van der Waals surface area contributed by atoms with E-state index in [1.807, 2.05) is 36.4 Å². The second-order valence-corrected chi connectivity index (χ2v) is 6.31. The molecule has 0 bridgehead atoms. The first-order chi connectivity index (χ1) is 9.54. The van der Waals surface area contributed by atoms with Crippen LogP contribution in [0.1, 0.15) is 37.3 Å². The zero-order valence-corrected chi connectivity index (χ0v) is 12.3. The molecule has 0 amide bonds. The van der Waals surface area contributed by atoms with Crippen LogP contribution in [0.25, 0.3) is 6.08 Å². The summed E-state index contributed by atoms with van der Waals surface area (Å²) in [6.07, 6.45) is 6.37. The average molecular weight is 290 g/mol. The standard InChI is InChI=1S/C16H18O3S/c1-12(17)20-11-3-2-4-13-5-7-14(8-6-13)16(9-10-16)15(18)19/h2,4-8H,3,9-11H2,1H3,(H,18,19). The Morgan fingerprint density at radius 3 is 2.45 bits per heavy atom. The summed E-state index contributed by atoms with van der Waals surface area (Å²) in [4.78, 5) is 22.0. The van der Waals surface area contributed by atoms with Crippen LogP contribution in [0.5, 0.6) is 0 Å². The molecule has 1 fully saturated rings. The van der Waals surface area contributed by atoms with E-state index in [9.17, 15) is 14.7 Å². The van der Waals surface area contributed by atoms with Crippen LogP contribution in [0.4, 0.5) is 0 Å². The van der Waals surface area contributed by atoms with Crippen molar-refractivity contribution in [3.8, 4) is 0 Å². The highest BCUT2D eigenvalue weighted by Crippen LogP contribution is 2.48. The molecule has 0 aliphatic heterocycles. The molecule has 106 valence electrons. The number of carboxylic acid groups (broad SMARTS) is 1. The molecule has 1 aromatic carbocycles. The number of benzene rings is 1. The lowest BCUT2D eigenvalue weighted by Crippen LogP contribution is -2.19. The highest BCUT2D eigenvalue weighted by atomic mass is 32.2. The highest BCUT2D eigenvalue weighted by molar-refractivity contribution is 8.13. The van der Waals surface area contributed by atoms with Crippen molar-refractivity contribution in [2.75, 3.05) is 5.75 Å². The van der Waals surface area contributed by atoms with Gasteiger partial charge in [0, 0.05) is 12.7 Å². The highest BCUT2D eigenvalue weighted by Gasteiger charge is 2.51. The van der Waals surface area contributed by atoms with Gasteiger partial charge in [-0.15, -0.1) is 0 Å². The van der Waals surface area contributed by atoms with Crippen molar-refractivity contribution < 1.29 is 14.7 Å². The third-order valence-corrected chi connectivity index (χ3v) is 4.37. The van der Waals surface area contributed by atoms with Crippen LogP contribution in [0.3, 0.4) is 0 Å². The van der Waals surface area contributed by atoms with Gasteiger partial charge in [-0.2, -0.15) is 0 Å². The second kappa shape index (κ2) is 6.27. The van der Waals surface area contributed by atoms with E-state index in [-0.39, 0.29) is 5.12 Å². The van der Waals surface area contributed by atoms with Crippen molar-refractivity contribution in [1.82, 2.24) is 0 Å². The molecule has 1 saturated carbocycles. The fourth-order valence-electron chi connectivity index (χ4n) is 2.15. The van der Waals surface area contributed by atoms with Crippen molar-refractivity contribution in [3.05, 3.63) is 41.5 Å². The number of carboxylic acids is 1. The number of rotatable bonds is 6. The summed E-state index contributed by atoms with van der Waals surface area (Å²) in [5.74, 6) is 0.0773. The Morgan fingerprint density at radius 1 is 1.30 bits per heavy atom. The first kappa shape index (κ1) is 14.9. The van der Waals surface area contributed by atoms with Gasteiger partial charge in [0.15, 0.2) is 5.12 Å². The maximum Gasteiger partial charge on any atom is 0.314 e. The molecule has 0 heterocycles. The zero-order chi connectivity index (χ0) is 14.6. The molecule has 4 heteroatoms. The Hall–Kier alpha value is -1.55. The molecule has 1 aliphatic carbocycles. The van der Waals surface area contributed by atoms with E-state index in [2.05, 4.69) is 0 Å². The van der Waals surface area contributed by atoms with Gasteiger partial charge < -0.3 is 5.11 Å². The molecule has 0 saturated heterocycles. The average Bonchev–Trinajstić information content (AvgIpc) is 3.20. The molecule has 1 aliphatic rings. The van der Waals surface area contributed by atoms with Gasteiger partial charge >= 0.3 is 5.97 Å². The lowest BCUT2D eigenvalue weighted by Gasteiger charge is -2.09. The molecule has 0 unspecified atom stereocenters. The lowest BCUT2D eigenvalue weighted by molar-refractivity contribution is -0.140. The molecule has 0 atom stereocenters. The maximum atomic E-state index is 11.2. The Labute approximate surface area is 123 Å². The van der Waals surface area contributed by atoms with E-state index in [0.29, 0.717) is 0 Å². The van der Waals surface area contributed by atoms with E-state index < -0.39 is 11.4 Å². The van der Waals surface area contributed by atoms with Crippen LogP contribution in [0.2, 0.25) is 0 Å². The molecule has 1 N–H and O–H groups in total. The van der Waals surface area contributed by atoms with Crippen molar-refractivity contribution in [2.45, 2.75) is 31.6 Å². The van der Waals surface area contributed by atoms with Gasteiger partial charge in [0.25, 0.3) is 0 Å². The molecule has 0 spiro atoms. The van der Waals surface area contributed by atoms with E-state index >= 15 is 0 Å². The van der Waals surface area contributed by atoms with Gasteiger partial charge in [-0.1, -0.05) is 48.2 Å². The van der Waals surface area contributed by atoms with Crippen LogP contribution in [0.15, 0.2) is 30.3 Å². The third-order valence-electron chi connectivity index (χ3n) is 3.52. The predicted octanol–water partition coefficient (Wildman–Crippen LogP) is 3.49. The largest absolute Gasteiger partial charge is 0.481 e. The summed E-state index contributed by atoms with van der Waals surface area (Å²) in [6, 6.07) is 7.72. The van der Waals surface area contributed by atoms with Crippen LogP contribution >= 0.6 is 11.8 Å². The van der Waals surface area contributed by atoms with E-state index in [0.717, 1.165) is 36.1 Å². The lowest BCUT2D eigenvalue weighted by atomic mass is 9.95. The van der Waals surface area contributed by atoms with Gasteiger partial charge in [-0.3, -0.25) is 9.59 Å². The molecule has 20 heavy (non-hydrogen) atoms. The fourth-order valence-corrected chi connectivity index (χ4v) is 2.70. The van der Waals surface area contributed by atoms with E-state index in [1.165, 1.54) is 11.8 Å². The zero-order valence-electron chi connectivity index (χ0n) is 11.5. The number of carbonyl (C=O) groups is 2. The molecule has 0 radical (unpaired) electrons. The maximum absolute atomic E-state index is 11.2. The number of hydrogen-bond donors (Lipinski definition) is 1. The number of aliphatic carboxylic acids is 1. The van der Waals surface area contributed by atoms with Crippen molar-refractivity contribution in [3.63, 3.8) is 0 Å². The van der Waals surface area contributed by atoms with Gasteiger partial charge in [0.1, 0.15) is 0 Å². The number of thioether (sulfide) groups is 1. The van der Waals surface area contributed by atoms with Gasteiger partial charge in [0.05, 0.1) is 5.41 Å². The van der Waals surface area contributed by atoms with Crippen LogP contribution in [-0.4, -0.2) is 21.9 Å². The number of hydrogen-bond acceptors (Lipinski definition) is 3. The Morgan fingerprint density at radius 2 is 1.95 bits per heavy atom. The van der Waals surface area contributed by atoms with Crippen LogP contribution in [-0.2, 0) is 15.0 Å². The Balaban J connectivity index is 1.91. The number of carbonyl (C=O) groups excluding carboxylic acids is 1. The van der Waals surface area contributed by atoms with Crippen molar-refractivity contribution in [1.29, 1.82) is 0 Å². The Bertz CT molecular complexity index is 527. The van der Waals surface area contributed by atoms with Crippen LogP contribution < -0.4 is 0 Å². The summed E-state index contributed by atoms with van der Waals surface area (Å²) in [7, 11) is 0. The number of allylic oxidation sites excluding steroid dienone is 1. The summed E-state index contributed by atoms with van der Waals surface area (Å²) in [6.45, 7) is 1.57. The van der Waals surface area contributed by atoms with Crippen molar-refractivity contribution in [2.24, 2.45) is 0 Å². The minimum Gasteiger partial charge on any atom is -0.481 e. The predicted molar refractivity (Wildman–Crippen MR) is 81.8 cm³/mol. The summed E-state index contributed by atoms with van der Waals surface area (Å²) in [5.41, 5.74) is 1.33. The molecule has 2 rings (SSSR count). The molecular weight excluding hydrogens is 272 g/mol. The second-order valence-electron chi connectivity index (χ2n) is 5.04. The molecule has 3 nitrogen and oxygen atoms in total. The molecule has 0 aromatic heterocycles. The summed E-state index contributed by atoms with van der Waals surface area (Å²) < 4.78 is 0. The first-order valence-corrected chi connectivity index (χ1v) is 7.67. The topological polar surface area (TPSA) is 54.4 Å². The minimum absolute atomic E-state index is 0.145. The molecule has 1 aromatic rings. The fraction of sp³-hybridized carbons (Fsp3) is 0.375. The SMILES string of the molecule is CC(=O)SCCC=Cc1ccc(C2(C(=O)O)CC2)cc1. The van der Waals surface area contributed by atoms with E-state index in [4.69, 9.17) is 0 Å². The van der Waals surface area contributed by atoms with Gasteiger partial charge in [0.2, 0.25) is 0 Å². The molecular formula is C16H18O3S. The van der Waals surface area contributed by atoms with Crippen molar-refractivity contribution >= 4 is 28.9 Å². The van der Waals surface area contributed by atoms with Crippen LogP contribution in [0, 0.1) is 0 Å².